The molecule has 1 aliphatic heterocycles. The number of methoxy groups -OCH3 is 1. The van der Waals surface area contributed by atoms with E-state index in [-0.39, 0.29) is 18.4 Å². The predicted molar refractivity (Wildman–Crippen MR) is 83.8 cm³/mol. The van der Waals surface area contributed by atoms with Gasteiger partial charge in [0.05, 0.1) is 18.2 Å². The third-order valence-corrected chi connectivity index (χ3v) is 3.67. The Morgan fingerprint density at radius 1 is 1.09 bits per heavy atom. The van der Waals surface area contributed by atoms with Crippen LogP contribution in [-0.2, 0) is 0 Å². The highest BCUT2D eigenvalue weighted by molar-refractivity contribution is 6.21. The third kappa shape index (κ3) is 2.73. The minimum atomic E-state index is -0.399. The van der Waals surface area contributed by atoms with E-state index in [4.69, 9.17) is 4.74 Å². The van der Waals surface area contributed by atoms with Crippen LogP contribution in [0.1, 0.15) is 26.3 Å². The average Bonchev–Trinajstić information content (AvgIpc) is 2.82. The minimum Gasteiger partial charge on any atom is -0.497 e. The molecule has 23 heavy (non-hydrogen) atoms. The summed E-state index contributed by atoms with van der Waals surface area (Å²) in [6.07, 6.45) is 3.11. The molecule has 0 N–H and O–H groups in total. The summed E-state index contributed by atoms with van der Waals surface area (Å²) in [6.45, 7) is 0.0863. The summed E-state index contributed by atoms with van der Waals surface area (Å²) in [5.74, 6) is -0.529. The Balaban J connectivity index is 1.77. The van der Waals surface area contributed by atoms with E-state index in [0.29, 0.717) is 22.4 Å². The standard InChI is InChI=1S/C18H14FNO3/c1-23-13-8-9-16(19)12(11-13)5-4-10-20-17(21)14-6-2-3-7-15(14)18(20)22/h2-9,11H,10H2,1H3/b5-4+. The van der Waals surface area contributed by atoms with Crippen molar-refractivity contribution in [2.75, 3.05) is 13.7 Å². The summed E-state index contributed by atoms with van der Waals surface area (Å²) in [7, 11) is 1.50. The van der Waals surface area contributed by atoms with Gasteiger partial charge in [-0.1, -0.05) is 24.3 Å². The molecule has 0 bridgehead atoms. The second-order valence-corrected chi connectivity index (χ2v) is 5.06. The molecule has 4 nitrogen and oxygen atoms in total. The Morgan fingerprint density at radius 3 is 2.35 bits per heavy atom. The van der Waals surface area contributed by atoms with Crippen molar-refractivity contribution < 1.29 is 18.7 Å². The molecule has 0 saturated carbocycles. The Hall–Kier alpha value is -2.95. The molecule has 0 atom stereocenters. The van der Waals surface area contributed by atoms with E-state index < -0.39 is 5.82 Å². The van der Waals surface area contributed by atoms with Crippen LogP contribution in [0.4, 0.5) is 4.39 Å². The van der Waals surface area contributed by atoms with Gasteiger partial charge in [-0.15, -0.1) is 0 Å². The number of amides is 2. The van der Waals surface area contributed by atoms with Crippen molar-refractivity contribution in [3.05, 3.63) is 71.0 Å². The van der Waals surface area contributed by atoms with Crippen molar-refractivity contribution in [3.8, 4) is 5.75 Å². The topological polar surface area (TPSA) is 46.6 Å². The number of carbonyl (C=O) groups is 2. The van der Waals surface area contributed by atoms with Gasteiger partial charge in [-0.05, 0) is 30.3 Å². The zero-order valence-electron chi connectivity index (χ0n) is 12.5. The number of hydrogen-bond donors (Lipinski definition) is 0. The lowest BCUT2D eigenvalue weighted by Gasteiger charge is -2.10. The van der Waals surface area contributed by atoms with Crippen LogP contribution in [0.5, 0.6) is 5.75 Å². The molecule has 0 aromatic heterocycles. The van der Waals surface area contributed by atoms with Crippen molar-refractivity contribution in [3.63, 3.8) is 0 Å². The molecule has 0 radical (unpaired) electrons. The Morgan fingerprint density at radius 2 is 1.74 bits per heavy atom. The summed E-state index contributed by atoms with van der Waals surface area (Å²) >= 11 is 0. The largest absolute Gasteiger partial charge is 0.497 e. The number of hydrogen-bond acceptors (Lipinski definition) is 3. The fourth-order valence-corrected chi connectivity index (χ4v) is 2.47. The molecule has 0 fully saturated rings. The summed E-state index contributed by atoms with van der Waals surface area (Å²) < 4.78 is 18.8. The molecular formula is C18H14FNO3. The predicted octanol–water partition coefficient (Wildman–Crippen LogP) is 3.14. The molecule has 0 saturated heterocycles. The Labute approximate surface area is 132 Å². The molecule has 2 aromatic carbocycles. The lowest BCUT2D eigenvalue weighted by atomic mass is 10.1. The summed E-state index contributed by atoms with van der Waals surface area (Å²) in [6, 6.07) is 11.1. The van der Waals surface area contributed by atoms with Crippen molar-refractivity contribution >= 4 is 17.9 Å². The van der Waals surface area contributed by atoms with Crippen molar-refractivity contribution in [1.29, 1.82) is 0 Å². The van der Waals surface area contributed by atoms with Gasteiger partial charge >= 0.3 is 0 Å². The molecule has 1 heterocycles. The molecule has 0 spiro atoms. The fraction of sp³-hybridized carbons (Fsp3) is 0.111. The zero-order chi connectivity index (χ0) is 16.4. The average molecular weight is 311 g/mol. The SMILES string of the molecule is COc1ccc(F)c(/C=C/CN2C(=O)c3ccccc3C2=O)c1. The smallest absolute Gasteiger partial charge is 0.261 e. The highest BCUT2D eigenvalue weighted by atomic mass is 19.1. The second-order valence-electron chi connectivity index (χ2n) is 5.06. The second kappa shape index (κ2) is 6.04. The lowest BCUT2D eigenvalue weighted by molar-refractivity contribution is 0.0672. The maximum atomic E-state index is 13.7. The number of ether oxygens (including phenoxy) is 1. The molecule has 3 rings (SSSR count). The van der Waals surface area contributed by atoms with E-state index in [1.54, 1.807) is 36.4 Å². The first kappa shape index (κ1) is 15.0. The van der Waals surface area contributed by atoms with Crippen molar-refractivity contribution in [1.82, 2.24) is 4.90 Å². The van der Waals surface area contributed by atoms with Crippen LogP contribution in [0.25, 0.3) is 6.08 Å². The van der Waals surface area contributed by atoms with Gasteiger partial charge in [0.25, 0.3) is 11.8 Å². The van der Waals surface area contributed by atoms with Crippen molar-refractivity contribution in [2.24, 2.45) is 0 Å². The fourth-order valence-electron chi connectivity index (χ4n) is 2.47. The van der Waals surface area contributed by atoms with Crippen LogP contribution in [0.3, 0.4) is 0 Å². The number of rotatable bonds is 4. The summed E-state index contributed by atoms with van der Waals surface area (Å²) in [5.41, 5.74) is 1.14. The van der Waals surface area contributed by atoms with E-state index in [1.165, 1.54) is 25.3 Å². The van der Waals surface area contributed by atoms with Gasteiger partial charge in [0, 0.05) is 12.1 Å². The van der Waals surface area contributed by atoms with E-state index in [2.05, 4.69) is 0 Å². The van der Waals surface area contributed by atoms with E-state index >= 15 is 0 Å². The number of benzene rings is 2. The van der Waals surface area contributed by atoms with Gasteiger partial charge in [-0.2, -0.15) is 0 Å². The van der Waals surface area contributed by atoms with Crippen LogP contribution >= 0.6 is 0 Å². The first-order chi connectivity index (χ1) is 11.1. The quantitative estimate of drug-likeness (QED) is 0.815. The molecule has 2 amide bonds. The van der Waals surface area contributed by atoms with E-state index in [0.717, 1.165) is 4.90 Å². The van der Waals surface area contributed by atoms with Crippen LogP contribution in [0, 0.1) is 5.82 Å². The summed E-state index contributed by atoms with van der Waals surface area (Å²) in [4.78, 5) is 25.5. The minimum absolute atomic E-state index is 0.0863. The van der Waals surface area contributed by atoms with Crippen LogP contribution in [-0.4, -0.2) is 30.4 Å². The Bertz CT molecular complexity index is 779. The van der Waals surface area contributed by atoms with Crippen LogP contribution in [0.15, 0.2) is 48.5 Å². The van der Waals surface area contributed by atoms with E-state index in [1.807, 2.05) is 0 Å². The van der Waals surface area contributed by atoms with Crippen LogP contribution < -0.4 is 4.74 Å². The normalized spacial score (nSPS) is 13.7. The summed E-state index contributed by atoms with van der Waals surface area (Å²) in [5, 5.41) is 0. The molecule has 2 aromatic rings. The third-order valence-electron chi connectivity index (χ3n) is 3.67. The number of halogens is 1. The molecular weight excluding hydrogens is 297 g/mol. The maximum absolute atomic E-state index is 13.7. The zero-order valence-corrected chi connectivity index (χ0v) is 12.5. The number of fused-ring (bicyclic) bond motifs is 1. The monoisotopic (exact) mass is 311 g/mol. The Kier molecular flexibility index (Phi) is 3.93. The number of imide groups is 1. The molecule has 0 aliphatic carbocycles. The van der Waals surface area contributed by atoms with Crippen LogP contribution in [0.2, 0.25) is 0 Å². The molecule has 5 heteroatoms. The lowest BCUT2D eigenvalue weighted by Crippen LogP contribution is -2.29. The molecule has 116 valence electrons. The highest BCUT2D eigenvalue weighted by Gasteiger charge is 2.34. The molecule has 1 aliphatic rings. The first-order valence-corrected chi connectivity index (χ1v) is 7.07. The van der Waals surface area contributed by atoms with Gasteiger partial charge in [-0.25, -0.2) is 4.39 Å². The van der Waals surface area contributed by atoms with Gasteiger partial charge < -0.3 is 4.74 Å². The number of nitrogens with zero attached hydrogens (tertiary/aromatic N) is 1. The maximum Gasteiger partial charge on any atom is 0.261 e. The first-order valence-electron chi connectivity index (χ1n) is 7.07. The van der Waals surface area contributed by atoms with Gasteiger partial charge in [0.1, 0.15) is 11.6 Å². The molecule has 0 unspecified atom stereocenters. The van der Waals surface area contributed by atoms with Crippen molar-refractivity contribution in [2.45, 2.75) is 0 Å². The van der Waals surface area contributed by atoms with Gasteiger partial charge in [0.2, 0.25) is 0 Å². The number of carbonyl (C=O) groups excluding carboxylic acids is 2. The van der Waals surface area contributed by atoms with Gasteiger partial charge in [0.15, 0.2) is 0 Å². The van der Waals surface area contributed by atoms with Gasteiger partial charge in [-0.3, -0.25) is 14.5 Å². The highest BCUT2D eigenvalue weighted by Crippen LogP contribution is 2.22. The van der Waals surface area contributed by atoms with E-state index in [9.17, 15) is 14.0 Å².